The van der Waals surface area contributed by atoms with E-state index in [9.17, 15) is 4.79 Å². The summed E-state index contributed by atoms with van der Waals surface area (Å²) >= 11 is 5.91. The minimum absolute atomic E-state index is 0.0354. The fourth-order valence-corrected chi connectivity index (χ4v) is 1.96. The van der Waals surface area contributed by atoms with Crippen molar-refractivity contribution in [2.45, 2.75) is 19.3 Å². The predicted molar refractivity (Wildman–Crippen MR) is 51.2 cm³/mol. The van der Waals surface area contributed by atoms with E-state index < -0.39 is 0 Å². The first-order chi connectivity index (χ1) is 6.72. The number of nitrogens with zero attached hydrogens (tertiary/aromatic N) is 2. The lowest BCUT2D eigenvalue weighted by Crippen LogP contribution is -2.13. The highest BCUT2D eigenvalue weighted by atomic mass is 35.5. The number of carbonyl (C=O) groups excluding carboxylic acids is 1. The molecule has 4 heteroatoms. The standard InChI is InChI=1S/C10H7ClN2O/c11-7-4-6(5-12)13-8-2-1-3-9(14)10(7)8/h4H,1-3H2. The van der Waals surface area contributed by atoms with Crippen LogP contribution < -0.4 is 0 Å². The Morgan fingerprint density at radius 2 is 2.29 bits per heavy atom. The average Bonchev–Trinajstić information content (AvgIpc) is 2.17. The molecule has 2 rings (SSSR count). The molecule has 0 amide bonds. The summed E-state index contributed by atoms with van der Waals surface area (Å²) in [6, 6.07) is 3.37. The minimum atomic E-state index is 0.0354. The highest BCUT2D eigenvalue weighted by Gasteiger charge is 2.22. The van der Waals surface area contributed by atoms with Gasteiger partial charge in [0.15, 0.2) is 5.78 Å². The molecule has 1 aliphatic carbocycles. The second-order valence-corrected chi connectivity index (χ2v) is 3.61. The molecule has 3 nitrogen and oxygen atoms in total. The number of ketones is 1. The van der Waals surface area contributed by atoms with Crippen LogP contribution >= 0.6 is 11.6 Å². The maximum absolute atomic E-state index is 11.5. The molecule has 0 fully saturated rings. The molecule has 0 radical (unpaired) electrons. The molecule has 0 unspecified atom stereocenters. The Labute approximate surface area is 86.3 Å². The van der Waals surface area contributed by atoms with Crippen molar-refractivity contribution in [2.24, 2.45) is 0 Å². The van der Waals surface area contributed by atoms with Crippen LogP contribution in [0, 0.1) is 11.3 Å². The Morgan fingerprint density at radius 1 is 1.50 bits per heavy atom. The summed E-state index contributed by atoms with van der Waals surface area (Å²) in [5.74, 6) is 0.0354. The lowest BCUT2D eigenvalue weighted by molar-refractivity contribution is 0.0971. The lowest BCUT2D eigenvalue weighted by atomic mass is 9.94. The number of carbonyl (C=O) groups is 1. The van der Waals surface area contributed by atoms with Crippen molar-refractivity contribution in [3.63, 3.8) is 0 Å². The second-order valence-electron chi connectivity index (χ2n) is 3.20. The molecule has 0 aliphatic heterocycles. The first-order valence-corrected chi connectivity index (χ1v) is 4.73. The van der Waals surface area contributed by atoms with Gasteiger partial charge in [-0.15, -0.1) is 0 Å². The van der Waals surface area contributed by atoms with Gasteiger partial charge in [-0.2, -0.15) is 5.26 Å². The van der Waals surface area contributed by atoms with Gasteiger partial charge in [-0.25, -0.2) is 4.98 Å². The van der Waals surface area contributed by atoms with Crippen molar-refractivity contribution in [3.8, 4) is 6.07 Å². The number of hydrogen-bond acceptors (Lipinski definition) is 3. The number of rotatable bonds is 0. The quantitative estimate of drug-likeness (QED) is 0.654. The molecule has 14 heavy (non-hydrogen) atoms. The number of aromatic nitrogens is 1. The maximum Gasteiger partial charge on any atom is 0.166 e. The van der Waals surface area contributed by atoms with Crippen LogP contribution in [0.2, 0.25) is 5.02 Å². The van der Waals surface area contributed by atoms with Crippen LogP contribution in [-0.4, -0.2) is 10.8 Å². The second kappa shape index (κ2) is 3.39. The molecule has 1 aromatic heterocycles. The highest BCUT2D eigenvalue weighted by molar-refractivity contribution is 6.34. The largest absolute Gasteiger partial charge is 0.294 e. The third-order valence-electron chi connectivity index (χ3n) is 2.26. The van der Waals surface area contributed by atoms with E-state index >= 15 is 0 Å². The first-order valence-electron chi connectivity index (χ1n) is 4.35. The number of halogens is 1. The van der Waals surface area contributed by atoms with E-state index in [4.69, 9.17) is 16.9 Å². The van der Waals surface area contributed by atoms with Crippen molar-refractivity contribution in [1.82, 2.24) is 4.98 Å². The molecule has 0 N–H and O–H groups in total. The summed E-state index contributed by atoms with van der Waals surface area (Å²) in [5, 5.41) is 9.03. The van der Waals surface area contributed by atoms with E-state index in [1.807, 2.05) is 6.07 Å². The molecule has 0 atom stereocenters. The molecular weight excluding hydrogens is 200 g/mol. The van der Waals surface area contributed by atoms with E-state index in [0.717, 1.165) is 12.8 Å². The minimum Gasteiger partial charge on any atom is -0.294 e. The van der Waals surface area contributed by atoms with Gasteiger partial charge in [-0.05, 0) is 18.9 Å². The molecule has 0 aromatic carbocycles. The number of fused-ring (bicyclic) bond motifs is 1. The Morgan fingerprint density at radius 3 is 3.00 bits per heavy atom. The zero-order valence-corrected chi connectivity index (χ0v) is 8.14. The van der Waals surface area contributed by atoms with Gasteiger partial charge >= 0.3 is 0 Å². The summed E-state index contributed by atoms with van der Waals surface area (Å²) in [5.41, 5.74) is 1.46. The van der Waals surface area contributed by atoms with Crippen LogP contribution in [0.25, 0.3) is 0 Å². The third kappa shape index (κ3) is 1.38. The van der Waals surface area contributed by atoms with Crippen molar-refractivity contribution < 1.29 is 4.79 Å². The Bertz CT molecular complexity index is 448. The molecule has 0 bridgehead atoms. The van der Waals surface area contributed by atoms with E-state index in [1.54, 1.807) is 0 Å². The van der Waals surface area contributed by atoms with Crippen LogP contribution in [0.5, 0.6) is 0 Å². The summed E-state index contributed by atoms with van der Waals surface area (Å²) in [7, 11) is 0. The van der Waals surface area contributed by atoms with E-state index in [1.165, 1.54) is 6.07 Å². The summed E-state index contributed by atoms with van der Waals surface area (Å²) < 4.78 is 0. The van der Waals surface area contributed by atoms with Crippen molar-refractivity contribution in [2.75, 3.05) is 0 Å². The summed E-state index contributed by atoms with van der Waals surface area (Å²) in [6.45, 7) is 0. The van der Waals surface area contributed by atoms with Gasteiger partial charge in [0.2, 0.25) is 0 Å². The lowest BCUT2D eigenvalue weighted by Gasteiger charge is -2.14. The summed E-state index contributed by atoms with van der Waals surface area (Å²) in [4.78, 5) is 15.6. The Balaban J connectivity index is 2.64. The molecular formula is C10H7ClN2O. The molecule has 0 spiro atoms. The smallest absolute Gasteiger partial charge is 0.166 e. The van der Waals surface area contributed by atoms with Gasteiger partial charge in [-0.3, -0.25) is 4.79 Å². The zero-order chi connectivity index (χ0) is 10.1. The average molecular weight is 207 g/mol. The van der Waals surface area contributed by atoms with E-state index in [2.05, 4.69) is 4.98 Å². The highest BCUT2D eigenvalue weighted by Crippen LogP contribution is 2.26. The summed E-state index contributed by atoms with van der Waals surface area (Å²) in [6.07, 6.45) is 2.06. The van der Waals surface area contributed by atoms with Gasteiger partial charge in [0.1, 0.15) is 11.8 Å². The van der Waals surface area contributed by atoms with E-state index in [-0.39, 0.29) is 11.5 Å². The number of hydrogen-bond donors (Lipinski definition) is 0. The molecule has 0 saturated heterocycles. The van der Waals surface area contributed by atoms with Crippen molar-refractivity contribution in [3.05, 3.63) is 28.0 Å². The van der Waals surface area contributed by atoms with Gasteiger partial charge in [0.05, 0.1) is 16.3 Å². The van der Waals surface area contributed by atoms with Crippen LogP contribution in [0.4, 0.5) is 0 Å². The first kappa shape index (κ1) is 9.17. The fraction of sp³-hybridized carbons (Fsp3) is 0.300. The predicted octanol–water partition coefficient (Wildman–Crippen LogP) is 2.13. The van der Waals surface area contributed by atoms with Crippen LogP contribution in [0.15, 0.2) is 6.07 Å². The fourth-order valence-electron chi connectivity index (χ4n) is 1.64. The van der Waals surface area contributed by atoms with Gasteiger partial charge in [-0.1, -0.05) is 11.6 Å². The zero-order valence-electron chi connectivity index (χ0n) is 7.38. The SMILES string of the molecule is N#Cc1cc(Cl)c2c(n1)CCCC2=O. The van der Waals surface area contributed by atoms with Crippen LogP contribution in [0.3, 0.4) is 0 Å². The normalized spacial score (nSPS) is 14.7. The number of pyridine rings is 1. The van der Waals surface area contributed by atoms with Gasteiger partial charge in [0, 0.05) is 6.42 Å². The molecule has 1 aliphatic rings. The van der Waals surface area contributed by atoms with Crippen LogP contribution in [-0.2, 0) is 6.42 Å². The van der Waals surface area contributed by atoms with Crippen molar-refractivity contribution in [1.29, 1.82) is 5.26 Å². The van der Waals surface area contributed by atoms with Gasteiger partial charge in [0.25, 0.3) is 0 Å². The molecule has 1 aromatic rings. The molecule has 1 heterocycles. The van der Waals surface area contributed by atoms with Gasteiger partial charge < -0.3 is 0 Å². The number of nitriles is 1. The maximum atomic E-state index is 11.5. The van der Waals surface area contributed by atoms with Crippen LogP contribution in [0.1, 0.15) is 34.6 Å². The topological polar surface area (TPSA) is 53.8 Å². The monoisotopic (exact) mass is 206 g/mol. The molecule has 70 valence electrons. The van der Waals surface area contributed by atoms with E-state index in [0.29, 0.717) is 22.7 Å². The number of aryl methyl sites for hydroxylation is 1. The Kier molecular flexibility index (Phi) is 2.22. The molecule has 0 saturated carbocycles. The Hall–Kier alpha value is -1.40. The number of Topliss-reactive ketones (excluding diaryl/α,β-unsaturated/α-hetero) is 1. The van der Waals surface area contributed by atoms with Crippen molar-refractivity contribution >= 4 is 17.4 Å². The third-order valence-corrected chi connectivity index (χ3v) is 2.56.